The number of rotatable bonds is 17. The first kappa shape index (κ1) is 34.6. The number of nitrogens with one attached hydrogen (secondary N) is 1. The molecule has 0 spiro atoms. The van der Waals surface area contributed by atoms with Gasteiger partial charge in [0.1, 0.15) is 11.6 Å². The van der Waals surface area contributed by atoms with Crippen molar-refractivity contribution in [1.82, 2.24) is 10.2 Å². The lowest BCUT2D eigenvalue weighted by Gasteiger charge is -2.29. The van der Waals surface area contributed by atoms with Crippen molar-refractivity contribution < 1.29 is 27.8 Å². The zero-order chi connectivity index (χ0) is 30.1. The number of aliphatic imine (C=N–C) groups is 1. The van der Waals surface area contributed by atoms with E-state index in [2.05, 4.69) is 17.1 Å². The van der Waals surface area contributed by atoms with Gasteiger partial charge in [-0.05, 0) is 45.0 Å². The molecule has 224 valence electrons. The van der Waals surface area contributed by atoms with Gasteiger partial charge in [0.05, 0.1) is 38.6 Å². The number of amidine groups is 1. The number of alkyl halides is 3. The van der Waals surface area contributed by atoms with Gasteiger partial charge in [-0.1, -0.05) is 51.1 Å². The summed E-state index contributed by atoms with van der Waals surface area (Å²) in [4.78, 5) is 20.2. The molecule has 0 saturated heterocycles. The highest BCUT2D eigenvalue weighted by atomic mass is 19.4. The monoisotopic (exact) mass is 566 g/mol. The summed E-state index contributed by atoms with van der Waals surface area (Å²) in [5.74, 6) is -1.44. The SMILES string of the molecule is C/C=C(\C)NC(CN(/C=C/C(C)C(F)(F)F)[C@H](/C=C/CC)CC(=O)O)=NCCN(CCC)c1cccc(OC)c1. The van der Waals surface area contributed by atoms with Gasteiger partial charge >= 0.3 is 12.1 Å². The molecule has 1 aromatic carbocycles. The minimum Gasteiger partial charge on any atom is -0.497 e. The zero-order valence-corrected chi connectivity index (χ0v) is 24.5. The molecule has 10 heteroatoms. The predicted octanol–water partition coefficient (Wildman–Crippen LogP) is 6.65. The van der Waals surface area contributed by atoms with Gasteiger partial charge in [-0.3, -0.25) is 9.79 Å². The highest BCUT2D eigenvalue weighted by molar-refractivity contribution is 5.86. The van der Waals surface area contributed by atoms with Gasteiger partial charge in [-0.2, -0.15) is 13.2 Å². The molecule has 7 nitrogen and oxygen atoms in total. The lowest BCUT2D eigenvalue weighted by molar-refractivity contribution is -0.156. The summed E-state index contributed by atoms with van der Waals surface area (Å²) in [6, 6.07) is 7.14. The molecule has 1 aromatic rings. The number of anilines is 1. The molecular formula is C30H45F3N4O3. The van der Waals surface area contributed by atoms with E-state index in [1.807, 2.05) is 57.2 Å². The molecule has 1 rings (SSSR count). The minimum atomic E-state index is -4.40. The highest BCUT2D eigenvalue weighted by Crippen LogP contribution is 2.27. The fourth-order valence-corrected chi connectivity index (χ4v) is 3.75. The number of ether oxygens (including phenoxy) is 1. The van der Waals surface area contributed by atoms with Crippen molar-refractivity contribution in [2.75, 3.05) is 38.2 Å². The Hall–Kier alpha value is -3.43. The molecule has 2 N–H and O–H groups in total. The summed E-state index contributed by atoms with van der Waals surface area (Å²) < 4.78 is 45.1. The van der Waals surface area contributed by atoms with Crippen molar-refractivity contribution in [3.63, 3.8) is 0 Å². The van der Waals surface area contributed by atoms with Crippen LogP contribution in [0.1, 0.15) is 53.9 Å². The average Bonchev–Trinajstić information content (AvgIpc) is 2.91. The standard InChI is InChI=1S/C30H45F3N4O3/c1-7-10-12-26(21-29(38)39)37(18-15-23(4)30(31,32)33)22-28(35-24(5)9-3)34-16-19-36(17-8-2)25-13-11-14-27(20-25)40-6/h9-15,18,20,23,26H,7-8,16-17,19,21-22H2,1-6H3,(H,34,35)(H,38,39)/b12-10+,18-15+,24-9+/t23?,26-/m1/s1. The van der Waals surface area contributed by atoms with E-state index in [9.17, 15) is 23.1 Å². The second kappa shape index (κ2) is 18.0. The van der Waals surface area contributed by atoms with Gasteiger partial charge < -0.3 is 25.0 Å². The second-order valence-corrected chi connectivity index (χ2v) is 9.46. The van der Waals surface area contributed by atoms with E-state index >= 15 is 0 Å². The Labute approximate surface area is 237 Å². The molecule has 0 radical (unpaired) electrons. The number of methoxy groups -OCH3 is 1. The van der Waals surface area contributed by atoms with Crippen LogP contribution in [0, 0.1) is 5.92 Å². The molecular weight excluding hydrogens is 521 g/mol. The third kappa shape index (κ3) is 13.1. The molecule has 0 aliphatic heterocycles. The van der Waals surface area contributed by atoms with E-state index in [0.29, 0.717) is 25.3 Å². The predicted molar refractivity (Wildman–Crippen MR) is 157 cm³/mol. The zero-order valence-electron chi connectivity index (χ0n) is 24.5. The van der Waals surface area contributed by atoms with E-state index in [1.54, 1.807) is 18.1 Å². The normalized spacial score (nSPS) is 14.4. The molecule has 0 saturated carbocycles. The number of carboxylic acid groups (broad SMARTS) is 1. The quantitative estimate of drug-likeness (QED) is 0.125. The topological polar surface area (TPSA) is 77.4 Å². The van der Waals surface area contributed by atoms with Crippen LogP contribution in [0.3, 0.4) is 0 Å². The third-order valence-corrected chi connectivity index (χ3v) is 6.18. The summed E-state index contributed by atoms with van der Waals surface area (Å²) in [6.07, 6.45) is 4.74. The van der Waals surface area contributed by atoms with Gasteiger partial charge in [0.15, 0.2) is 0 Å². The van der Waals surface area contributed by atoms with Crippen LogP contribution >= 0.6 is 0 Å². The minimum absolute atomic E-state index is 0.102. The van der Waals surface area contributed by atoms with E-state index in [4.69, 9.17) is 9.73 Å². The first-order valence-electron chi connectivity index (χ1n) is 13.7. The largest absolute Gasteiger partial charge is 0.497 e. The number of aliphatic carboxylic acids is 1. The lowest BCUT2D eigenvalue weighted by Crippen LogP contribution is -2.40. The Morgan fingerprint density at radius 2 is 1.95 bits per heavy atom. The smallest absolute Gasteiger partial charge is 0.394 e. The van der Waals surface area contributed by atoms with E-state index in [-0.39, 0.29) is 13.0 Å². The molecule has 40 heavy (non-hydrogen) atoms. The van der Waals surface area contributed by atoms with Gasteiger partial charge in [0, 0.05) is 30.5 Å². The van der Waals surface area contributed by atoms with E-state index in [0.717, 1.165) is 43.1 Å². The highest BCUT2D eigenvalue weighted by Gasteiger charge is 2.34. The molecule has 0 aliphatic carbocycles. The fraction of sp³-hybridized carbons (Fsp3) is 0.533. The Balaban J connectivity index is 3.34. The maximum Gasteiger partial charge on any atom is 0.394 e. The first-order chi connectivity index (χ1) is 18.9. The second-order valence-electron chi connectivity index (χ2n) is 9.46. The number of benzene rings is 1. The van der Waals surface area contributed by atoms with Crippen LogP contribution in [0.15, 0.2) is 65.5 Å². The fourth-order valence-electron chi connectivity index (χ4n) is 3.75. The summed E-state index contributed by atoms with van der Waals surface area (Å²) in [7, 11) is 1.62. The summed E-state index contributed by atoms with van der Waals surface area (Å²) >= 11 is 0. The molecule has 0 fully saturated rings. The van der Waals surface area contributed by atoms with Crippen LogP contribution in [0.25, 0.3) is 0 Å². The van der Waals surface area contributed by atoms with Crippen LogP contribution in [0.2, 0.25) is 0 Å². The van der Waals surface area contributed by atoms with Gasteiger partial charge in [0.2, 0.25) is 0 Å². The van der Waals surface area contributed by atoms with Crippen molar-refractivity contribution in [3.05, 3.63) is 60.5 Å². The Kier molecular flexibility index (Phi) is 15.6. The van der Waals surface area contributed by atoms with Crippen molar-refractivity contribution in [2.24, 2.45) is 10.9 Å². The Morgan fingerprint density at radius 1 is 1.23 bits per heavy atom. The number of hydrogen-bond acceptors (Lipinski definition) is 5. The van der Waals surface area contributed by atoms with E-state index in [1.165, 1.54) is 6.20 Å². The van der Waals surface area contributed by atoms with Crippen molar-refractivity contribution in [2.45, 2.75) is 66.1 Å². The number of carboxylic acids is 1. The van der Waals surface area contributed by atoms with Crippen LogP contribution < -0.4 is 15.0 Å². The number of nitrogens with zero attached hydrogens (tertiary/aromatic N) is 3. The molecule has 0 amide bonds. The maximum atomic E-state index is 13.3. The average molecular weight is 567 g/mol. The molecule has 0 heterocycles. The van der Waals surface area contributed by atoms with E-state index < -0.39 is 24.1 Å². The number of carbonyl (C=O) groups is 1. The van der Waals surface area contributed by atoms with Crippen molar-refractivity contribution in [1.29, 1.82) is 0 Å². The van der Waals surface area contributed by atoms with Gasteiger partial charge in [0.25, 0.3) is 0 Å². The molecule has 0 aromatic heterocycles. The van der Waals surface area contributed by atoms with Crippen LogP contribution in [0.5, 0.6) is 5.75 Å². The summed E-state index contributed by atoms with van der Waals surface area (Å²) in [5, 5.41) is 12.8. The van der Waals surface area contributed by atoms with Crippen LogP contribution in [0.4, 0.5) is 18.9 Å². The third-order valence-electron chi connectivity index (χ3n) is 6.18. The molecule has 0 aliphatic rings. The number of hydrogen-bond donors (Lipinski definition) is 2. The van der Waals surface area contributed by atoms with Crippen molar-refractivity contribution >= 4 is 17.5 Å². The van der Waals surface area contributed by atoms with Gasteiger partial charge in [-0.15, -0.1) is 0 Å². The van der Waals surface area contributed by atoms with Crippen LogP contribution in [-0.4, -0.2) is 67.3 Å². The first-order valence-corrected chi connectivity index (χ1v) is 13.7. The Bertz CT molecular complexity index is 1020. The number of allylic oxidation sites excluding steroid dienone is 4. The lowest BCUT2D eigenvalue weighted by atomic mass is 10.1. The molecule has 0 bridgehead atoms. The summed E-state index contributed by atoms with van der Waals surface area (Å²) in [5.41, 5.74) is 1.83. The van der Waals surface area contributed by atoms with Crippen LogP contribution in [-0.2, 0) is 4.79 Å². The molecule has 2 atom stereocenters. The van der Waals surface area contributed by atoms with Crippen molar-refractivity contribution in [3.8, 4) is 5.75 Å². The Morgan fingerprint density at radius 3 is 2.52 bits per heavy atom. The summed E-state index contributed by atoms with van der Waals surface area (Å²) in [6.45, 7) is 10.8. The molecule has 1 unspecified atom stereocenters. The maximum absolute atomic E-state index is 13.3. The number of halogens is 3. The van der Waals surface area contributed by atoms with Gasteiger partial charge in [-0.25, -0.2) is 0 Å².